The summed E-state index contributed by atoms with van der Waals surface area (Å²) in [7, 11) is 0. The molecule has 1 saturated carbocycles. The second-order valence-electron chi connectivity index (χ2n) is 8.88. The highest BCUT2D eigenvalue weighted by molar-refractivity contribution is 5.77. The van der Waals surface area contributed by atoms with E-state index in [1.54, 1.807) is 6.26 Å². The van der Waals surface area contributed by atoms with Crippen LogP contribution in [0.3, 0.4) is 0 Å². The third-order valence-corrected chi connectivity index (χ3v) is 7.26. The summed E-state index contributed by atoms with van der Waals surface area (Å²) in [6, 6.07) is 2.85. The molecule has 4 aliphatic rings. The standard InChI is InChI=1S/C20H29N3O3/c24-19(10-18-4-8-20(14-25-18)6-1-7-20)22-12-16-2-3-17(13-22)23(16)11-15-5-9-26-21-15/h5,9,16-18H,1-4,6-8,10-14H2. The molecule has 4 fully saturated rings. The molecule has 26 heavy (non-hydrogen) atoms. The molecule has 3 atom stereocenters. The van der Waals surface area contributed by atoms with E-state index in [1.807, 2.05) is 6.07 Å². The first kappa shape index (κ1) is 16.8. The maximum absolute atomic E-state index is 12.9. The Balaban J connectivity index is 1.14. The number of carbonyl (C=O) groups excluding carboxylic acids is 1. The number of rotatable bonds is 4. The van der Waals surface area contributed by atoms with Gasteiger partial charge in [-0.1, -0.05) is 11.6 Å². The Morgan fingerprint density at radius 1 is 1.19 bits per heavy atom. The van der Waals surface area contributed by atoms with Gasteiger partial charge in [0.15, 0.2) is 0 Å². The van der Waals surface area contributed by atoms with Crippen molar-refractivity contribution >= 4 is 5.91 Å². The van der Waals surface area contributed by atoms with Gasteiger partial charge in [-0.25, -0.2) is 0 Å². The molecule has 6 nitrogen and oxygen atoms in total. The van der Waals surface area contributed by atoms with Gasteiger partial charge in [0, 0.05) is 37.8 Å². The predicted molar refractivity (Wildman–Crippen MR) is 95.3 cm³/mol. The quantitative estimate of drug-likeness (QED) is 0.827. The summed E-state index contributed by atoms with van der Waals surface area (Å²) in [6.07, 6.45) is 11.0. The van der Waals surface area contributed by atoms with Gasteiger partial charge in [-0.15, -0.1) is 0 Å². The number of likely N-dealkylation sites (tertiary alicyclic amines) is 1. The van der Waals surface area contributed by atoms with Crippen LogP contribution in [-0.2, 0) is 16.1 Å². The lowest BCUT2D eigenvalue weighted by molar-refractivity contribution is -0.144. The summed E-state index contributed by atoms with van der Waals surface area (Å²) in [5.74, 6) is 0.289. The number of hydrogen-bond donors (Lipinski definition) is 0. The Labute approximate surface area is 154 Å². The van der Waals surface area contributed by atoms with Crippen molar-refractivity contribution in [3.05, 3.63) is 18.0 Å². The molecule has 1 aromatic rings. The molecular weight excluding hydrogens is 330 g/mol. The molecule has 1 spiro atoms. The summed E-state index contributed by atoms with van der Waals surface area (Å²) in [5, 5.41) is 4.05. The zero-order chi connectivity index (χ0) is 17.6. The van der Waals surface area contributed by atoms with Crippen molar-refractivity contribution in [2.45, 2.75) is 76.1 Å². The number of amides is 1. The zero-order valence-corrected chi connectivity index (χ0v) is 15.4. The molecule has 4 heterocycles. The lowest BCUT2D eigenvalue weighted by Gasteiger charge is -2.47. The number of nitrogens with zero attached hydrogens (tertiary/aromatic N) is 3. The second kappa shape index (κ2) is 6.64. The fourth-order valence-electron chi connectivity index (χ4n) is 5.43. The van der Waals surface area contributed by atoms with Crippen LogP contribution < -0.4 is 0 Å². The highest BCUT2D eigenvalue weighted by Crippen LogP contribution is 2.48. The van der Waals surface area contributed by atoms with Gasteiger partial charge in [0.2, 0.25) is 5.91 Å². The van der Waals surface area contributed by atoms with Gasteiger partial charge in [-0.3, -0.25) is 9.69 Å². The van der Waals surface area contributed by atoms with E-state index in [0.29, 0.717) is 23.9 Å². The second-order valence-corrected chi connectivity index (χ2v) is 8.88. The van der Waals surface area contributed by atoms with E-state index in [1.165, 1.54) is 38.5 Å². The van der Waals surface area contributed by atoms with Gasteiger partial charge >= 0.3 is 0 Å². The minimum Gasteiger partial charge on any atom is -0.377 e. The molecule has 1 aliphatic carbocycles. The lowest BCUT2D eigenvalue weighted by Crippen LogP contribution is -2.55. The van der Waals surface area contributed by atoms with Crippen molar-refractivity contribution in [1.29, 1.82) is 0 Å². The molecule has 2 bridgehead atoms. The number of fused-ring (bicyclic) bond motifs is 2. The van der Waals surface area contributed by atoms with Crippen molar-refractivity contribution in [3.63, 3.8) is 0 Å². The highest BCUT2D eigenvalue weighted by Gasteiger charge is 2.43. The van der Waals surface area contributed by atoms with Gasteiger partial charge in [-0.05, 0) is 43.9 Å². The Kier molecular flexibility index (Phi) is 4.28. The van der Waals surface area contributed by atoms with E-state index in [0.717, 1.165) is 38.4 Å². The molecule has 3 aliphatic heterocycles. The molecule has 3 unspecified atom stereocenters. The molecule has 0 aromatic carbocycles. The number of ether oxygens (including phenoxy) is 1. The number of hydrogen-bond acceptors (Lipinski definition) is 5. The number of aromatic nitrogens is 1. The smallest absolute Gasteiger partial charge is 0.225 e. The van der Waals surface area contributed by atoms with Gasteiger partial charge in [0.1, 0.15) is 6.26 Å². The molecule has 1 aromatic heterocycles. The zero-order valence-electron chi connectivity index (χ0n) is 15.4. The Bertz CT molecular complexity index is 619. The molecular formula is C20H29N3O3. The lowest BCUT2D eigenvalue weighted by atomic mass is 9.65. The van der Waals surface area contributed by atoms with Crippen LogP contribution in [0, 0.1) is 5.41 Å². The maximum Gasteiger partial charge on any atom is 0.225 e. The third-order valence-electron chi connectivity index (χ3n) is 7.26. The van der Waals surface area contributed by atoms with E-state index in [9.17, 15) is 4.79 Å². The number of piperazine rings is 1. The SMILES string of the molecule is O=C(CC1CCC2(CCC2)CO1)N1CC2CCC(C1)N2Cc1ccon1. The molecule has 3 saturated heterocycles. The van der Waals surface area contributed by atoms with Crippen LogP contribution in [0.4, 0.5) is 0 Å². The number of carbonyl (C=O) groups is 1. The van der Waals surface area contributed by atoms with Crippen LogP contribution in [0.2, 0.25) is 0 Å². The molecule has 5 rings (SSSR count). The average molecular weight is 359 g/mol. The van der Waals surface area contributed by atoms with Crippen LogP contribution in [0.15, 0.2) is 16.9 Å². The van der Waals surface area contributed by atoms with Gasteiger partial charge in [0.05, 0.1) is 24.8 Å². The van der Waals surface area contributed by atoms with Crippen molar-refractivity contribution in [1.82, 2.24) is 15.0 Å². The maximum atomic E-state index is 12.9. The monoisotopic (exact) mass is 359 g/mol. The van der Waals surface area contributed by atoms with Gasteiger partial charge < -0.3 is 14.2 Å². The molecule has 0 N–H and O–H groups in total. The van der Waals surface area contributed by atoms with Crippen molar-refractivity contribution in [2.24, 2.45) is 5.41 Å². The fraction of sp³-hybridized carbons (Fsp3) is 0.800. The van der Waals surface area contributed by atoms with Crippen LogP contribution in [0.1, 0.15) is 57.1 Å². The minimum absolute atomic E-state index is 0.138. The van der Waals surface area contributed by atoms with Crippen molar-refractivity contribution in [3.8, 4) is 0 Å². The van der Waals surface area contributed by atoms with Crippen LogP contribution >= 0.6 is 0 Å². The van der Waals surface area contributed by atoms with E-state index >= 15 is 0 Å². The van der Waals surface area contributed by atoms with Crippen LogP contribution in [0.5, 0.6) is 0 Å². The van der Waals surface area contributed by atoms with Crippen molar-refractivity contribution in [2.75, 3.05) is 19.7 Å². The summed E-state index contributed by atoms with van der Waals surface area (Å²) in [4.78, 5) is 17.5. The van der Waals surface area contributed by atoms with Crippen LogP contribution in [-0.4, -0.2) is 58.7 Å². The summed E-state index contributed by atoms with van der Waals surface area (Å²) >= 11 is 0. The molecule has 0 radical (unpaired) electrons. The first-order chi connectivity index (χ1) is 12.7. The average Bonchev–Trinajstić information content (AvgIpc) is 3.20. The Morgan fingerprint density at radius 3 is 2.58 bits per heavy atom. The Morgan fingerprint density at radius 2 is 2.00 bits per heavy atom. The van der Waals surface area contributed by atoms with E-state index in [4.69, 9.17) is 9.26 Å². The first-order valence-electron chi connectivity index (χ1n) is 10.3. The van der Waals surface area contributed by atoms with E-state index in [2.05, 4.69) is 15.0 Å². The van der Waals surface area contributed by atoms with E-state index in [-0.39, 0.29) is 12.0 Å². The molecule has 142 valence electrons. The highest BCUT2D eigenvalue weighted by atomic mass is 16.5. The first-order valence-corrected chi connectivity index (χ1v) is 10.3. The van der Waals surface area contributed by atoms with Gasteiger partial charge in [-0.2, -0.15) is 0 Å². The normalized spacial score (nSPS) is 33.4. The fourth-order valence-corrected chi connectivity index (χ4v) is 5.43. The predicted octanol–water partition coefficient (Wildman–Crippen LogP) is 2.59. The van der Waals surface area contributed by atoms with E-state index < -0.39 is 0 Å². The Hall–Kier alpha value is -1.40. The topological polar surface area (TPSA) is 58.8 Å². The minimum atomic E-state index is 0.138. The molecule has 1 amide bonds. The summed E-state index contributed by atoms with van der Waals surface area (Å²) in [6.45, 7) is 3.41. The third kappa shape index (κ3) is 3.07. The van der Waals surface area contributed by atoms with Gasteiger partial charge in [0.25, 0.3) is 0 Å². The molecule has 6 heteroatoms. The van der Waals surface area contributed by atoms with Crippen LogP contribution in [0.25, 0.3) is 0 Å². The largest absolute Gasteiger partial charge is 0.377 e. The summed E-state index contributed by atoms with van der Waals surface area (Å²) in [5.41, 5.74) is 1.47. The summed E-state index contributed by atoms with van der Waals surface area (Å²) < 4.78 is 11.0. The van der Waals surface area contributed by atoms with Crippen molar-refractivity contribution < 1.29 is 14.1 Å².